The average molecular weight is 869 g/mol. The predicted octanol–water partition coefficient (Wildman–Crippen LogP) is 7.37. The van der Waals surface area contributed by atoms with E-state index in [4.69, 9.17) is 0 Å². The second-order valence-electron chi connectivity index (χ2n) is 14.1. The minimum atomic E-state index is -4.27. The molecule has 0 aliphatic carbocycles. The SMILES string of the molecule is C[n+]1cccc(-c2ccc(NC(=O)/C=C/c3ccc(C(=O)Nc4ccc(-c5ccc[n+](C)c5)cc4)cc3)cc2)c1.Cc1ccc(S(=O)(=O)[O-])cc1.Cc1ccc(S(=O)(=O)[O-])cc1. The Kier molecular flexibility index (Phi) is 15.5. The zero-order valence-corrected chi connectivity index (χ0v) is 35.9. The number of aryl methyl sites for hydroxylation is 4. The van der Waals surface area contributed by atoms with Gasteiger partial charge in [-0.1, -0.05) is 71.8 Å². The van der Waals surface area contributed by atoms with Gasteiger partial charge in [-0.05, 0) is 109 Å². The Morgan fingerprint density at radius 3 is 1.31 bits per heavy atom. The Bertz CT molecular complexity index is 2810. The largest absolute Gasteiger partial charge is 0.744 e. The maximum absolute atomic E-state index is 12.7. The third-order valence-electron chi connectivity index (χ3n) is 9.06. The molecule has 0 radical (unpaired) electrons. The summed E-state index contributed by atoms with van der Waals surface area (Å²) in [5.74, 6) is -0.423. The van der Waals surface area contributed by atoms with Crippen LogP contribution < -0.4 is 19.8 Å². The van der Waals surface area contributed by atoms with Crippen molar-refractivity contribution in [3.63, 3.8) is 0 Å². The minimum Gasteiger partial charge on any atom is -0.744 e. The highest BCUT2D eigenvalue weighted by Crippen LogP contribution is 2.22. The molecule has 7 aromatic rings. The lowest BCUT2D eigenvalue weighted by atomic mass is 10.1. The van der Waals surface area contributed by atoms with Crippen molar-refractivity contribution in [2.75, 3.05) is 10.6 Å². The summed E-state index contributed by atoms with van der Waals surface area (Å²) >= 11 is 0. The highest BCUT2D eigenvalue weighted by Gasteiger charge is 2.08. The summed E-state index contributed by atoms with van der Waals surface area (Å²) in [6, 6.07) is 42.3. The fourth-order valence-corrected chi connectivity index (χ4v) is 6.66. The number of carbonyl (C=O) groups excluding carboxylic acids is 2. The van der Waals surface area contributed by atoms with Gasteiger partial charge in [0.05, 0.1) is 9.79 Å². The van der Waals surface area contributed by atoms with Crippen molar-refractivity contribution < 1.29 is 44.7 Å². The van der Waals surface area contributed by atoms with Crippen LogP contribution in [0.2, 0.25) is 0 Å². The Balaban J connectivity index is 0.000000267. The normalized spacial score (nSPS) is 11.1. The average Bonchev–Trinajstić information content (AvgIpc) is 3.24. The van der Waals surface area contributed by atoms with Crippen LogP contribution in [0, 0.1) is 13.8 Å². The number of amides is 2. The van der Waals surface area contributed by atoms with Gasteiger partial charge >= 0.3 is 0 Å². The van der Waals surface area contributed by atoms with Crippen molar-refractivity contribution in [2.24, 2.45) is 14.1 Å². The lowest BCUT2D eigenvalue weighted by Crippen LogP contribution is -2.26. The molecule has 0 saturated heterocycles. The topological polar surface area (TPSA) is 180 Å². The van der Waals surface area contributed by atoms with Gasteiger partial charge in [0, 0.05) is 46.3 Å². The molecule has 0 aliphatic rings. The Morgan fingerprint density at radius 2 is 0.919 bits per heavy atom. The molecule has 62 heavy (non-hydrogen) atoms. The number of rotatable bonds is 9. The maximum Gasteiger partial charge on any atom is 0.255 e. The molecule has 14 heteroatoms. The minimum absolute atomic E-state index is 0.178. The summed E-state index contributed by atoms with van der Waals surface area (Å²) in [5.41, 5.74) is 9.02. The van der Waals surface area contributed by atoms with E-state index in [2.05, 4.69) is 35.2 Å². The first-order valence-corrected chi connectivity index (χ1v) is 21.8. The van der Waals surface area contributed by atoms with Gasteiger partial charge < -0.3 is 19.7 Å². The fraction of sp³-hybridized carbons (Fsp3) is 0.0833. The Morgan fingerprint density at radius 1 is 0.516 bits per heavy atom. The third-order valence-corrected chi connectivity index (χ3v) is 10.8. The number of pyridine rings is 2. The Labute approximate surface area is 362 Å². The van der Waals surface area contributed by atoms with Crippen LogP contribution >= 0.6 is 0 Å². The van der Waals surface area contributed by atoms with Crippen molar-refractivity contribution in [1.82, 2.24) is 0 Å². The quantitative estimate of drug-likeness (QED) is 0.0857. The molecule has 0 spiro atoms. The van der Waals surface area contributed by atoms with Crippen molar-refractivity contribution in [3.05, 3.63) is 199 Å². The predicted molar refractivity (Wildman–Crippen MR) is 236 cm³/mol. The second kappa shape index (κ2) is 20.9. The molecule has 2 N–H and O–H groups in total. The molecule has 2 heterocycles. The van der Waals surface area contributed by atoms with Gasteiger partial charge in [0.25, 0.3) is 5.91 Å². The van der Waals surface area contributed by atoms with E-state index in [1.165, 1.54) is 30.3 Å². The molecular weight excluding hydrogens is 825 g/mol. The molecule has 5 aromatic carbocycles. The van der Waals surface area contributed by atoms with Crippen molar-refractivity contribution >= 4 is 49.5 Å². The highest BCUT2D eigenvalue weighted by atomic mass is 32.2. The number of benzene rings is 5. The molecule has 2 amide bonds. The van der Waals surface area contributed by atoms with E-state index in [1.807, 2.05) is 122 Å². The van der Waals surface area contributed by atoms with Crippen LogP contribution in [0.1, 0.15) is 27.0 Å². The van der Waals surface area contributed by atoms with E-state index < -0.39 is 20.2 Å². The van der Waals surface area contributed by atoms with Crippen LogP contribution in [0.3, 0.4) is 0 Å². The first-order valence-electron chi connectivity index (χ1n) is 19.0. The molecule has 0 saturated carbocycles. The number of nitrogens with zero attached hydrogens (tertiary/aromatic N) is 2. The first kappa shape index (κ1) is 46.0. The molecule has 0 bridgehead atoms. The number of hydrogen-bond donors (Lipinski definition) is 2. The molecule has 0 fully saturated rings. The summed E-state index contributed by atoms with van der Waals surface area (Å²) in [4.78, 5) is 24.8. The molecule has 0 aliphatic heterocycles. The first-order chi connectivity index (χ1) is 29.4. The molecule has 7 rings (SSSR count). The number of aromatic nitrogens is 2. The van der Waals surface area contributed by atoms with E-state index in [0.717, 1.165) is 50.3 Å². The number of carbonyl (C=O) groups is 2. The van der Waals surface area contributed by atoms with Crippen LogP contribution in [0.4, 0.5) is 11.4 Å². The van der Waals surface area contributed by atoms with E-state index in [1.54, 1.807) is 42.5 Å². The van der Waals surface area contributed by atoms with E-state index in [9.17, 15) is 35.5 Å². The number of nitrogens with one attached hydrogen (secondary N) is 2. The molecule has 2 aromatic heterocycles. The van der Waals surface area contributed by atoms with E-state index >= 15 is 0 Å². The highest BCUT2D eigenvalue weighted by molar-refractivity contribution is 7.86. The smallest absolute Gasteiger partial charge is 0.255 e. The zero-order valence-electron chi connectivity index (χ0n) is 34.3. The van der Waals surface area contributed by atoms with Crippen LogP contribution in [-0.2, 0) is 39.1 Å². The molecular formula is C48H44N4O8S2. The third kappa shape index (κ3) is 14.3. The lowest BCUT2D eigenvalue weighted by molar-refractivity contribution is -0.671. The van der Waals surface area contributed by atoms with Gasteiger partial charge in [-0.25, -0.2) is 26.0 Å². The van der Waals surface area contributed by atoms with Crippen LogP contribution in [-0.4, -0.2) is 37.8 Å². The number of hydrogen-bond acceptors (Lipinski definition) is 8. The van der Waals surface area contributed by atoms with Crippen LogP contribution in [0.15, 0.2) is 186 Å². The molecule has 0 unspecified atom stereocenters. The van der Waals surface area contributed by atoms with Gasteiger partial charge in [-0.3, -0.25) is 9.59 Å². The van der Waals surface area contributed by atoms with Gasteiger partial charge in [0.1, 0.15) is 34.3 Å². The monoisotopic (exact) mass is 868 g/mol. The standard InChI is InChI=1S/C34H28N4O2.2C7H8O3S/c1-37-21-3-5-29(23-37)26-12-16-31(17-13-26)35-33(39)20-9-25-7-10-28(11-8-25)34(40)36-32-18-14-27(15-19-32)30-6-4-22-38(2)24-30;2*1-6-2-4-7(5-3-6)11(8,9)10/h3-24H,1-2H3;2*2-5H,1H3,(H,8,9,10)/b20-9+;;. The van der Waals surface area contributed by atoms with Crippen molar-refractivity contribution in [1.29, 1.82) is 0 Å². The summed E-state index contributed by atoms with van der Waals surface area (Å²) in [6.45, 7) is 3.64. The summed E-state index contributed by atoms with van der Waals surface area (Å²) in [6.07, 6.45) is 11.3. The zero-order chi connectivity index (χ0) is 44.9. The van der Waals surface area contributed by atoms with Crippen LogP contribution in [0.25, 0.3) is 28.3 Å². The summed E-state index contributed by atoms with van der Waals surface area (Å²) in [7, 11) is -4.57. The van der Waals surface area contributed by atoms with Crippen LogP contribution in [0.5, 0.6) is 0 Å². The molecule has 316 valence electrons. The van der Waals surface area contributed by atoms with E-state index in [0.29, 0.717) is 5.56 Å². The molecule has 0 atom stereocenters. The van der Waals surface area contributed by atoms with Gasteiger partial charge in [-0.2, -0.15) is 0 Å². The summed E-state index contributed by atoms with van der Waals surface area (Å²) < 4.78 is 66.3. The van der Waals surface area contributed by atoms with Crippen molar-refractivity contribution in [2.45, 2.75) is 23.6 Å². The number of anilines is 2. The lowest BCUT2D eigenvalue weighted by Gasteiger charge is -2.07. The van der Waals surface area contributed by atoms with Gasteiger partial charge in [0.15, 0.2) is 24.8 Å². The van der Waals surface area contributed by atoms with Crippen molar-refractivity contribution in [3.8, 4) is 22.3 Å². The van der Waals surface area contributed by atoms with Gasteiger partial charge in [-0.15, -0.1) is 0 Å². The second-order valence-corrected chi connectivity index (χ2v) is 16.9. The Hall–Kier alpha value is -7.10. The maximum atomic E-state index is 12.7. The van der Waals surface area contributed by atoms with E-state index in [-0.39, 0.29) is 21.6 Å². The fourth-order valence-electron chi connectivity index (χ4n) is 5.72. The summed E-state index contributed by atoms with van der Waals surface area (Å²) in [5, 5.41) is 5.81. The molecule has 12 nitrogen and oxygen atoms in total. The van der Waals surface area contributed by atoms with Gasteiger partial charge in [0.2, 0.25) is 5.91 Å².